The van der Waals surface area contributed by atoms with E-state index in [4.69, 9.17) is 9.84 Å². The van der Waals surface area contributed by atoms with Crippen molar-refractivity contribution in [3.63, 3.8) is 0 Å². The molecule has 0 aromatic heterocycles. The van der Waals surface area contributed by atoms with E-state index in [1.54, 1.807) is 0 Å². The standard InChI is InChI=1S/C7H12O5S/c1-12-6-2-3-13(10,11)4-5(6)7(8)9/h5-6H,2-4H2,1H3,(H,8,9). The number of hydrogen-bond donors (Lipinski definition) is 1. The number of carboxylic acids is 1. The first kappa shape index (κ1) is 10.5. The Bertz CT molecular complexity index is 294. The third kappa shape index (κ3) is 2.41. The highest BCUT2D eigenvalue weighted by Crippen LogP contribution is 2.21. The molecule has 1 aliphatic heterocycles. The van der Waals surface area contributed by atoms with E-state index in [0.717, 1.165) is 0 Å². The molecule has 76 valence electrons. The lowest BCUT2D eigenvalue weighted by Gasteiger charge is -2.26. The van der Waals surface area contributed by atoms with E-state index >= 15 is 0 Å². The first-order chi connectivity index (χ1) is 5.96. The lowest BCUT2D eigenvalue weighted by Crippen LogP contribution is -2.41. The zero-order chi connectivity index (χ0) is 10.1. The summed E-state index contributed by atoms with van der Waals surface area (Å²) in [6.07, 6.45) is -0.198. The van der Waals surface area contributed by atoms with E-state index < -0.39 is 27.8 Å². The van der Waals surface area contributed by atoms with Gasteiger partial charge in [-0.1, -0.05) is 0 Å². The smallest absolute Gasteiger partial charge is 0.310 e. The number of carboxylic acid groups (broad SMARTS) is 1. The molecule has 1 fully saturated rings. The van der Waals surface area contributed by atoms with Crippen LogP contribution in [0.15, 0.2) is 0 Å². The molecule has 1 heterocycles. The zero-order valence-corrected chi connectivity index (χ0v) is 8.08. The number of aliphatic carboxylic acids is 1. The van der Waals surface area contributed by atoms with Gasteiger partial charge in [0.15, 0.2) is 9.84 Å². The summed E-state index contributed by atoms with van der Waals surface area (Å²) in [6, 6.07) is 0. The molecule has 13 heavy (non-hydrogen) atoms. The minimum atomic E-state index is -3.18. The van der Waals surface area contributed by atoms with E-state index in [2.05, 4.69) is 0 Å². The Balaban J connectivity index is 2.80. The van der Waals surface area contributed by atoms with Gasteiger partial charge in [0.1, 0.15) is 0 Å². The van der Waals surface area contributed by atoms with Crippen LogP contribution in [0.5, 0.6) is 0 Å². The van der Waals surface area contributed by atoms with Gasteiger partial charge in [0.2, 0.25) is 0 Å². The van der Waals surface area contributed by atoms with Gasteiger partial charge in [-0.15, -0.1) is 0 Å². The number of hydrogen-bond acceptors (Lipinski definition) is 4. The van der Waals surface area contributed by atoms with Crippen LogP contribution >= 0.6 is 0 Å². The third-order valence-electron chi connectivity index (χ3n) is 2.22. The van der Waals surface area contributed by atoms with Crippen LogP contribution in [-0.2, 0) is 19.4 Å². The van der Waals surface area contributed by atoms with Crippen LogP contribution < -0.4 is 0 Å². The number of methoxy groups -OCH3 is 1. The molecule has 2 atom stereocenters. The summed E-state index contributed by atoms with van der Waals surface area (Å²) in [5.74, 6) is -2.30. The Morgan fingerprint density at radius 3 is 2.62 bits per heavy atom. The van der Waals surface area contributed by atoms with Crippen LogP contribution in [0, 0.1) is 5.92 Å². The first-order valence-electron chi connectivity index (χ1n) is 3.92. The Kier molecular flexibility index (Phi) is 2.92. The largest absolute Gasteiger partial charge is 0.481 e. The lowest BCUT2D eigenvalue weighted by molar-refractivity contribution is -0.145. The highest BCUT2D eigenvalue weighted by Gasteiger charge is 2.37. The SMILES string of the molecule is COC1CCS(=O)(=O)CC1C(=O)O. The van der Waals surface area contributed by atoms with Gasteiger partial charge in [0.05, 0.1) is 23.5 Å². The Labute approximate surface area is 76.6 Å². The van der Waals surface area contributed by atoms with E-state index in [0.29, 0.717) is 0 Å². The molecule has 0 saturated carbocycles. The number of carbonyl (C=O) groups is 1. The highest BCUT2D eigenvalue weighted by atomic mass is 32.2. The highest BCUT2D eigenvalue weighted by molar-refractivity contribution is 7.91. The number of sulfone groups is 1. The van der Waals surface area contributed by atoms with Crippen molar-refractivity contribution in [2.45, 2.75) is 12.5 Å². The fourth-order valence-corrected chi connectivity index (χ4v) is 3.14. The molecule has 0 spiro atoms. The van der Waals surface area contributed by atoms with Gasteiger partial charge < -0.3 is 9.84 Å². The normalized spacial score (nSPS) is 32.7. The molecule has 0 amide bonds. The van der Waals surface area contributed by atoms with Gasteiger partial charge in [-0.25, -0.2) is 8.42 Å². The second-order valence-electron chi connectivity index (χ2n) is 3.12. The Morgan fingerprint density at radius 1 is 1.54 bits per heavy atom. The molecular weight excluding hydrogens is 196 g/mol. The molecule has 1 rings (SSSR count). The van der Waals surface area contributed by atoms with Crippen molar-refractivity contribution in [3.8, 4) is 0 Å². The van der Waals surface area contributed by atoms with Gasteiger partial charge >= 0.3 is 5.97 Å². The molecule has 0 bridgehead atoms. The Hall–Kier alpha value is -0.620. The second-order valence-corrected chi connectivity index (χ2v) is 5.35. The van der Waals surface area contributed by atoms with Crippen LogP contribution in [0.3, 0.4) is 0 Å². The molecule has 0 aromatic rings. The summed E-state index contributed by atoms with van der Waals surface area (Å²) in [6.45, 7) is 0. The molecule has 2 unspecified atom stereocenters. The molecule has 5 nitrogen and oxygen atoms in total. The average molecular weight is 208 g/mol. The number of ether oxygens (including phenoxy) is 1. The van der Waals surface area contributed by atoms with E-state index in [9.17, 15) is 13.2 Å². The van der Waals surface area contributed by atoms with E-state index in [1.165, 1.54) is 7.11 Å². The van der Waals surface area contributed by atoms with Crippen molar-refractivity contribution in [2.75, 3.05) is 18.6 Å². The molecule has 0 radical (unpaired) electrons. The van der Waals surface area contributed by atoms with Crippen molar-refractivity contribution in [2.24, 2.45) is 5.92 Å². The molecular formula is C7H12O5S. The summed E-state index contributed by atoms with van der Waals surface area (Å²) in [4.78, 5) is 10.7. The first-order valence-corrected chi connectivity index (χ1v) is 5.74. The third-order valence-corrected chi connectivity index (χ3v) is 3.94. The van der Waals surface area contributed by atoms with Crippen molar-refractivity contribution < 1.29 is 23.1 Å². The minimum absolute atomic E-state index is 0.0231. The maximum absolute atomic E-state index is 11.1. The summed E-state index contributed by atoms with van der Waals surface area (Å²) in [7, 11) is -1.78. The fraction of sp³-hybridized carbons (Fsp3) is 0.857. The van der Waals surface area contributed by atoms with Gasteiger partial charge in [-0.05, 0) is 6.42 Å². The minimum Gasteiger partial charge on any atom is -0.481 e. The van der Waals surface area contributed by atoms with E-state index in [-0.39, 0.29) is 17.9 Å². The molecule has 0 aliphatic carbocycles. The van der Waals surface area contributed by atoms with Gasteiger partial charge in [-0.2, -0.15) is 0 Å². The number of rotatable bonds is 2. The van der Waals surface area contributed by atoms with Crippen molar-refractivity contribution in [3.05, 3.63) is 0 Å². The van der Waals surface area contributed by atoms with Gasteiger partial charge in [0.25, 0.3) is 0 Å². The molecule has 1 saturated heterocycles. The van der Waals surface area contributed by atoms with E-state index in [1.807, 2.05) is 0 Å². The van der Waals surface area contributed by atoms with Gasteiger partial charge in [-0.3, -0.25) is 4.79 Å². The molecule has 1 N–H and O–H groups in total. The topological polar surface area (TPSA) is 80.7 Å². The Morgan fingerprint density at radius 2 is 2.15 bits per heavy atom. The lowest BCUT2D eigenvalue weighted by atomic mass is 10.0. The molecule has 1 aliphatic rings. The predicted octanol–water partition coefficient (Wildman–Crippen LogP) is -0.479. The summed E-state index contributed by atoms with van der Waals surface area (Å²) in [5.41, 5.74) is 0. The van der Waals surface area contributed by atoms with Crippen LogP contribution in [0.1, 0.15) is 6.42 Å². The van der Waals surface area contributed by atoms with Crippen LogP contribution in [-0.4, -0.2) is 44.2 Å². The maximum Gasteiger partial charge on any atom is 0.310 e. The van der Waals surface area contributed by atoms with Crippen molar-refractivity contribution >= 4 is 15.8 Å². The van der Waals surface area contributed by atoms with Crippen LogP contribution in [0.25, 0.3) is 0 Å². The average Bonchev–Trinajstić information content (AvgIpc) is 2.03. The van der Waals surface area contributed by atoms with Crippen LogP contribution in [0.2, 0.25) is 0 Å². The van der Waals surface area contributed by atoms with Crippen LogP contribution in [0.4, 0.5) is 0 Å². The predicted molar refractivity (Wildman–Crippen MR) is 45.2 cm³/mol. The fourth-order valence-electron chi connectivity index (χ4n) is 1.47. The molecule has 0 aromatic carbocycles. The van der Waals surface area contributed by atoms with Crippen molar-refractivity contribution in [1.82, 2.24) is 0 Å². The monoisotopic (exact) mass is 208 g/mol. The van der Waals surface area contributed by atoms with Crippen molar-refractivity contribution in [1.29, 1.82) is 0 Å². The second kappa shape index (κ2) is 3.63. The summed E-state index contributed by atoms with van der Waals surface area (Å²) >= 11 is 0. The zero-order valence-electron chi connectivity index (χ0n) is 7.26. The molecule has 6 heteroatoms. The summed E-state index contributed by atoms with van der Waals surface area (Å²) in [5, 5.41) is 8.73. The quantitative estimate of drug-likeness (QED) is 0.663. The summed E-state index contributed by atoms with van der Waals surface area (Å²) < 4.78 is 27.1. The van der Waals surface area contributed by atoms with Gasteiger partial charge in [0, 0.05) is 7.11 Å². The maximum atomic E-state index is 11.1.